The number of hydrogen-bond donors (Lipinski definition) is 1. The molecule has 1 heterocycles. The third-order valence-electron chi connectivity index (χ3n) is 2.45. The number of anilines is 1. The normalized spacial score (nSPS) is 12.4. The summed E-state index contributed by atoms with van der Waals surface area (Å²) in [5.41, 5.74) is 1.23. The van der Waals surface area contributed by atoms with Gasteiger partial charge in [-0.25, -0.2) is 0 Å². The Kier molecular flexibility index (Phi) is 3.29. The van der Waals surface area contributed by atoms with Gasteiger partial charge in [0.2, 0.25) is 0 Å². The number of nitrogens with zero attached hydrogens (tertiary/aromatic N) is 2. The van der Waals surface area contributed by atoms with E-state index in [4.69, 9.17) is 0 Å². The first-order valence-corrected chi connectivity index (χ1v) is 5.97. The number of aromatic nitrogens is 2. The van der Waals surface area contributed by atoms with Crippen LogP contribution in [0, 0.1) is 0 Å². The Morgan fingerprint density at radius 1 is 1.31 bits per heavy atom. The van der Waals surface area contributed by atoms with E-state index in [-0.39, 0.29) is 6.04 Å². The second kappa shape index (κ2) is 4.70. The van der Waals surface area contributed by atoms with Gasteiger partial charge >= 0.3 is 0 Å². The Labute approximate surface area is 104 Å². The average molecular weight is 280 g/mol. The molecule has 1 aromatic carbocycles. The van der Waals surface area contributed by atoms with Crippen LogP contribution in [0.1, 0.15) is 18.5 Å². The Morgan fingerprint density at radius 2 is 2.06 bits per heavy atom. The third-order valence-corrected chi connectivity index (χ3v) is 3.17. The van der Waals surface area contributed by atoms with Gasteiger partial charge in [0.05, 0.1) is 6.04 Å². The molecule has 0 saturated carbocycles. The second-order valence-corrected chi connectivity index (χ2v) is 4.62. The maximum Gasteiger partial charge on any atom is 0.148 e. The van der Waals surface area contributed by atoms with Gasteiger partial charge in [-0.1, -0.05) is 34.1 Å². The molecule has 0 aliphatic carbocycles. The van der Waals surface area contributed by atoms with Crippen molar-refractivity contribution in [2.75, 3.05) is 5.32 Å². The number of halogens is 1. The minimum Gasteiger partial charge on any atom is -0.362 e. The first-order valence-electron chi connectivity index (χ1n) is 5.17. The molecule has 0 spiro atoms. The molecule has 0 amide bonds. The lowest BCUT2D eigenvalue weighted by molar-refractivity contribution is 0.760. The highest BCUT2D eigenvalue weighted by Gasteiger charge is 2.09. The molecular weight excluding hydrogens is 266 g/mol. The van der Waals surface area contributed by atoms with Crippen LogP contribution in [-0.2, 0) is 7.05 Å². The zero-order valence-corrected chi connectivity index (χ0v) is 10.9. The van der Waals surface area contributed by atoms with E-state index in [0.29, 0.717) is 0 Å². The van der Waals surface area contributed by atoms with Crippen molar-refractivity contribution in [3.8, 4) is 0 Å². The van der Waals surface area contributed by atoms with Crippen molar-refractivity contribution < 1.29 is 0 Å². The molecule has 1 unspecified atom stereocenters. The molecule has 16 heavy (non-hydrogen) atoms. The van der Waals surface area contributed by atoms with Crippen LogP contribution in [0.4, 0.5) is 5.82 Å². The van der Waals surface area contributed by atoms with Crippen molar-refractivity contribution in [3.05, 3.63) is 46.6 Å². The van der Waals surface area contributed by atoms with Crippen molar-refractivity contribution in [1.82, 2.24) is 9.78 Å². The van der Waals surface area contributed by atoms with Crippen LogP contribution < -0.4 is 5.32 Å². The Balaban J connectivity index is 2.14. The molecule has 2 rings (SSSR count). The fourth-order valence-corrected chi connectivity index (χ4v) is 2.25. The lowest BCUT2D eigenvalue weighted by Crippen LogP contribution is -2.08. The summed E-state index contributed by atoms with van der Waals surface area (Å²) in [6.07, 6.45) is 1.93. The number of benzene rings is 1. The summed E-state index contributed by atoms with van der Waals surface area (Å²) < 4.78 is 2.90. The zero-order chi connectivity index (χ0) is 11.5. The molecular formula is C12H14BrN3. The topological polar surface area (TPSA) is 29.9 Å². The van der Waals surface area contributed by atoms with Crippen LogP contribution in [0.25, 0.3) is 0 Å². The zero-order valence-electron chi connectivity index (χ0n) is 9.31. The maximum atomic E-state index is 4.30. The Hall–Kier alpha value is -1.29. The molecule has 0 aliphatic rings. The van der Waals surface area contributed by atoms with E-state index in [1.807, 2.05) is 37.5 Å². The molecule has 1 aromatic heterocycles. The van der Waals surface area contributed by atoms with Crippen molar-refractivity contribution in [1.29, 1.82) is 0 Å². The fraction of sp³-hybridized carbons (Fsp3) is 0.250. The summed E-state index contributed by atoms with van der Waals surface area (Å²) in [4.78, 5) is 0. The van der Waals surface area contributed by atoms with E-state index in [2.05, 4.69) is 39.3 Å². The summed E-state index contributed by atoms with van der Waals surface area (Å²) >= 11 is 3.55. The molecule has 0 radical (unpaired) electrons. The van der Waals surface area contributed by atoms with Gasteiger partial charge in [-0.3, -0.25) is 4.68 Å². The van der Waals surface area contributed by atoms with Gasteiger partial charge in [-0.15, -0.1) is 0 Å². The first kappa shape index (κ1) is 11.2. The monoisotopic (exact) mass is 279 g/mol. The highest BCUT2D eigenvalue weighted by Crippen LogP contribution is 2.25. The van der Waals surface area contributed by atoms with E-state index in [0.717, 1.165) is 10.3 Å². The third kappa shape index (κ3) is 2.44. The first-order chi connectivity index (χ1) is 7.66. The predicted molar refractivity (Wildman–Crippen MR) is 69.4 cm³/mol. The summed E-state index contributed by atoms with van der Waals surface area (Å²) in [5.74, 6) is 0.894. The molecule has 0 bridgehead atoms. The van der Waals surface area contributed by atoms with Gasteiger partial charge in [0.25, 0.3) is 0 Å². The van der Waals surface area contributed by atoms with Gasteiger partial charge in [0, 0.05) is 23.8 Å². The molecule has 0 saturated heterocycles. The molecule has 1 N–H and O–H groups in total. The molecule has 2 aromatic rings. The largest absolute Gasteiger partial charge is 0.362 e. The van der Waals surface area contributed by atoms with Crippen LogP contribution in [-0.4, -0.2) is 9.78 Å². The minimum atomic E-state index is 0.227. The summed E-state index contributed by atoms with van der Waals surface area (Å²) in [6.45, 7) is 2.12. The van der Waals surface area contributed by atoms with E-state index in [1.165, 1.54) is 5.56 Å². The van der Waals surface area contributed by atoms with Crippen LogP contribution in [0.5, 0.6) is 0 Å². The Morgan fingerprint density at radius 3 is 2.69 bits per heavy atom. The predicted octanol–water partition coefficient (Wildman–Crippen LogP) is 3.36. The van der Waals surface area contributed by atoms with Crippen molar-refractivity contribution in [3.63, 3.8) is 0 Å². The standard InChI is InChI=1S/C12H14BrN3/c1-9(10-5-3-4-6-11(10)13)14-12-7-8-16(2)15-12/h3-9H,1-2H3,(H,14,15). The molecule has 0 aliphatic heterocycles. The van der Waals surface area contributed by atoms with Gasteiger partial charge in [0.1, 0.15) is 5.82 Å². The fourth-order valence-electron chi connectivity index (χ4n) is 1.62. The summed E-state index contributed by atoms with van der Waals surface area (Å²) in [5, 5.41) is 7.65. The van der Waals surface area contributed by atoms with E-state index < -0.39 is 0 Å². The lowest BCUT2D eigenvalue weighted by atomic mass is 10.1. The highest BCUT2D eigenvalue weighted by molar-refractivity contribution is 9.10. The minimum absolute atomic E-state index is 0.227. The van der Waals surface area contributed by atoms with Gasteiger partial charge in [-0.05, 0) is 18.6 Å². The smallest absolute Gasteiger partial charge is 0.148 e. The van der Waals surface area contributed by atoms with Crippen LogP contribution in [0.15, 0.2) is 41.0 Å². The van der Waals surface area contributed by atoms with E-state index >= 15 is 0 Å². The van der Waals surface area contributed by atoms with E-state index in [1.54, 1.807) is 4.68 Å². The molecule has 3 nitrogen and oxygen atoms in total. The van der Waals surface area contributed by atoms with Crippen molar-refractivity contribution in [2.24, 2.45) is 7.05 Å². The van der Waals surface area contributed by atoms with Crippen LogP contribution in [0.3, 0.4) is 0 Å². The second-order valence-electron chi connectivity index (χ2n) is 3.76. The lowest BCUT2D eigenvalue weighted by Gasteiger charge is -2.15. The number of aryl methyl sites for hydroxylation is 1. The maximum absolute atomic E-state index is 4.30. The molecule has 4 heteroatoms. The summed E-state index contributed by atoms with van der Waals surface area (Å²) in [6, 6.07) is 10.4. The van der Waals surface area contributed by atoms with Crippen molar-refractivity contribution in [2.45, 2.75) is 13.0 Å². The molecule has 84 valence electrons. The van der Waals surface area contributed by atoms with Crippen LogP contribution in [0.2, 0.25) is 0 Å². The van der Waals surface area contributed by atoms with Gasteiger partial charge in [0.15, 0.2) is 0 Å². The number of hydrogen-bond acceptors (Lipinski definition) is 2. The van der Waals surface area contributed by atoms with Gasteiger partial charge in [-0.2, -0.15) is 5.10 Å². The molecule has 0 fully saturated rings. The van der Waals surface area contributed by atoms with Crippen LogP contribution >= 0.6 is 15.9 Å². The number of rotatable bonds is 3. The highest BCUT2D eigenvalue weighted by atomic mass is 79.9. The van der Waals surface area contributed by atoms with Crippen molar-refractivity contribution >= 4 is 21.7 Å². The number of nitrogens with one attached hydrogen (secondary N) is 1. The van der Waals surface area contributed by atoms with E-state index in [9.17, 15) is 0 Å². The van der Waals surface area contributed by atoms with Gasteiger partial charge < -0.3 is 5.32 Å². The average Bonchev–Trinajstić information content (AvgIpc) is 2.64. The SMILES string of the molecule is CC(Nc1ccn(C)n1)c1ccccc1Br. The quantitative estimate of drug-likeness (QED) is 0.934. The Bertz CT molecular complexity index is 479. The molecule has 1 atom stereocenters. The summed E-state index contributed by atoms with van der Waals surface area (Å²) in [7, 11) is 1.91.